The van der Waals surface area contributed by atoms with Crippen LogP contribution >= 0.6 is 0 Å². The van der Waals surface area contributed by atoms with E-state index in [4.69, 9.17) is 4.74 Å². The third-order valence-electron chi connectivity index (χ3n) is 3.14. The maximum absolute atomic E-state index is 5.48. The highest BCUT2D eigenvalue weighted by atomic mass is 16.5. The Morgan fingerprint density at radius 2 is 1.78 bits per heavy atom. The maximum Gasteiger partial charge on any atom is 0.138 e. The van der Waals surface area contributed by atoms with E-state index in [9.17, 15) is 0 Å². The first-order valence-corrected chi connectivity index (χ1v) is 6.20. The summed E-state index contributed by atoms with van der Waals surface area (Å²) in [5.74, 6) is 0.957. The number of likely N-dealkylation sites (N-methyl/N-ethyl adjacent to an activating group) is 1. The van der Waals surface area contributed by atoms with Gasteiger partial charge in [0.15, 0.2) is 0 Å². The lowest BCUT2D eigenvalue weighted by molar-refractivity contribution is 0.277. The summed E-state index contributed by atoms with van der Waals surface area (Å²) in [6, 6.07) is 8.63. The van der Waals surface area contributed by atoms with Gasteiger partial charge in [0.25, 0.3) is 0 Å². The molecule has 1 aliphatic rings. The van der Waals surface area contributed by atoms with E-state index < -0.39 is 0 Å². The van der Waals surface area contributed by atoms with Crippen molar-refractivity contribution >= 4 is 5.57 Å². The Bertz CT molecular complexity index is 480. The van der Waals surface area contributed by atoms with Crippen molar-refractivity contribution in [2.45, 2.75) is 13.3 Å². The minimum absolute atomic E-state index is 0.920. The molecule has 0 amide bonds. The van der Waals surface area contributed by atoms with Gasteiger partial charge in [0, 0.05) is 14.1 Å². The van der Waals surface area contributed by atoms with Gasteiger partial charge in [-0.15, -0.1) is 0 Å². The molecule has 1 aliphatic carbocycles. The Labute approximate surface area is 110 Å². The van der Waals surface area contributed by atoms with Gasteiger partial charge in [-0.25, -0.2) is 0 Å². The molecule has 1 aromatic rings. The molecule has 2 heteroatoms. The zero-order valence-corrected chi connectivity index (χ0v) is 11.5. The minimum Gasteiger partial charge on any atom is -0.495 e. The first-order valence-electron chi connectivity index (χ1n) is 6.20. The van der Waals surface area contributed by atoms with Crippen LogP contribution in [0.3, 0.4) is 0 Å². The van der Waals surface area contributed by atoms with Gasteiger partial charge in [-0.05, 0) is 37.0 Å². The third kappa shape index (κ3) is 2.42. The third-order valence-corrected chi connectivity index (χ3v) is 3.14. The van der Waals surface area contributed by atoms with Gasteiger partial charge in [0.1, 0.15) is 5.76 Å². The monoisotopic (exact) mass is 242 g/mol. The van der Waals surface area contributed by atoms with E-state index in [-0.39, 0.29) is 0 Å². The lowest BCUT2D eigenvalue weighted by atomic mass is 9.93. The standard InChI is InChI=1S/C16H20NO/c1-12-8-10-13(11-9-12)14-6-5-7-15(18-4)16(14)17(2)3/h6-11H,5H2,1-4H3. The predicted molar refractivity (Wildman–Crippen MR) is 75.8 cm³/mol. The highest BCUT2D eigenvalue weighted by Crippen LogP contribution is 2.33. The van der Waals surface area contributed by atoms with E-state index in [1.165, 1.54) is 16.7 Å². The molecule has 0 heterocycles. The molecule has 0 bridgehead atoms. The van der Waals surface area contributed by atoms with Crippen molar-refractivity contribution < 1.29 is 4.74 Å². The summed E-state index contributed by atoms with van der Waals surface area (Å²) in [7, 11) is 5.83. The summed E-state index contributed by atoms with van der Waals surface area (Å²) in [4.78, 5) is 2.11. The number of hydrogen-bond acceptors (Lipinski definition) is 2. The molecule has 0 fully saturated rings. The molecule has 0 aliphatic heterocycles. The maximum atomic E-state index is 5.48. The van der Waals surface area contributed by atoms with E-state index >= 15 is 0 Å². The number of rotatable bonds is 3. The molecule has 0 saturated carbocycles. The van der Waals surface area contributed by atoms with Crippen LogP contribution in [0.5, 0.6) is 0 Å². The lowest BCUT2D eigenvalue weighted by Crippen LogP contribution is -2.18. The summed E-state index contributed by atoms with van der Waals surface area (Å²) in [5, 5.41) is 0. The number of hydrogen-bond donors (Lipinski definition) is 0. The summed E-state index contributed by atoms with van der Waals surface area (Å²) in [6.07, 6.45) is 5.29. The highest BCUT2D eigenvalue weighted by molar-refractivity contribution is 5.78. The van der Waals surface area contributed by atoms with Crippen molar-refractivity contribution in [2.24, 2.45) is 0 Å². The summed E-state index contributed by atoms with van der Waals surface area (Å²) >= 11 is 0. The molecule has 0 saturated heterocycles. The van der Waals surface area contributed by atoms with Crippen LogP contribution < -0.4 is 0 Å². The second-order valence-corrected chi connectivity index (χ2v) is 4.74. The first kappa shape index (κ1) is 12.7. The predicted octanol–water partition coefficient (Wildman–Crippen LogP) is 3.41. The van der Waals surface area contributed by atoms with E-state index in [0.717, 1.165) is 17.9 Å². The molecule has 0 spiro atoms. The molecular formula is C16H20NO. The van der Waals surface area contributed by atoms with Gasteiger partial charge in [-0.2, -0.15) is 0 Å². The van der Waals surface area contributed by atoms with Gasteiger partial charge in [-0.3, -0.25) is 0 Å². The number of allylic oxidation sites excluding steroid dienone is 2. The van der Waals surface area contributed by atoms with E-state index in [0.29, 0.717) is 0 Å². The van der Waals surface area contributed by atoms with E-state index in [1.807, 2.05) is 0 Å². The lowest BCUT2D eigenvalue weighted by Gasteiger charge is -2.26. The van der Waals surface area contributed by atoms with Crippen LogP contribution in [-0.2, 0) is 4.74 Å². The molecule has 2 rings (SSSR count). The summed E-state index contributed by atoms with van der Waals surface area (Å²) in [6.45, 7) is 2.11. The SMILES string of the molecule is COC1=CC[CH]C(c2ccc(C)cc2)=C1N(C)C. The number of nitrogens with zero attached hydrogens (tertiary/aromatic N) is 1. The van der Waals surface area contributed by atoms with Crippen molar-refractivity contribution in [1.82, 2.24) is 4.90 Å². The fourth-order valence-electron chi connectivity index (χ4n) is 2.24. The van der Waals surface area contributed by atoms with Crippen LogP contribution in [0.25, 0.3) is 5.57 Å². The zero-order chi connectivity index (χ0) is 13.1. The number of ether oxygens (including phenoxy) is 1. The summed E-state index contributed by atoms with van der Waals surface area (Å²) in [5.41, 5.74) is 4.92. The van der Waals surface area contributed by atoms with Crippen LogP contribution in [0, 0.1) is 13.3 Å². The molecule has 1 radical (unpaired) electrons. The Kier molecular flexibility index (Phi) is 3.75. The molecule has 1 aromatic carbocycles. The first-order chi connectivity index (χ1) is 8.63. The Morgan fingerprint density at radius 3 is 2.33 bits per heavy atom. The van der Waals surface area contributed by atoms with E-state index in [1.54, 1.807) is 7.11 Å². The Balaban J connectivity index is 2.50. The minimum atomic E-state index is 0.920. The Morgan fingerprint density at radius 1 is 1.11 bits per heavy atom. The second-order valence-electron chi connectivity index (χ2n) is 4.74. The van der Waals surface area contributed by atoms with E-state index in [2.05, 4.69) is 62.7 Å². The van der Waals surface area contributed by atoms with Gasteiger partial charge in [0.2, 0.25) is 0 Å². The van der Waals surface area contributed by atoms with Crippen molar-refractivity contribution in [3.8, 4) is 0 Å². The van der Waals surface area contributed by atoms with Gasteiger partial charge >= 0.3 is 0 Å². The van der Waals surface area contributed by atoms with Gasteiger partial charge in [0.05, 0.1) is 12.8 Å². The molecular weight excluding hydrogens is 222 g/mol. The van der Waals surface area contributed by atoms with Crippen LogP contribution in [0.2, 0.25) is 0 Å². The summed E-state index contributed by atoms with van der Waals surface area (Å²) < 4.78 is 5.48. The highest BCUT2D eigenvalue weighted by Gasteiger charge is 2.19. The number of methoxy groups -OCH3 is 1. The quantitative estimate of drug-likeness (QED) is 0.805. The van der Waals surface area contributed by atoms with Crippen LogP contribution in [0.4, 0.5) is 0 Å². The van der Waals surface area contributed by atoms with Crippen molar-refractivity contribution in [3.05, 3.63) is 59.3 Å². The fourth-order valence-corrected chi connectivity index (χ4v) is 2.24. The van der Waals surface area contributed by atoms with Gasteiger partial charge < -0.3 is 9.64 Å². The zero-order valence-electron chi connectivity index (χ0n) is 11.5. The smallest absolute Gasteiger partial charge is 0.138 e. The molecule has 0 atom stereocenters. The van der Waals surface area contributed by atoms with Crippen LogP contribution in [0.15, 0.2) is 41.8 Å². The topological polar surface area (TPSA) is 12.5 Å². The number of aryl methyl sites for hydroxylation is 1. The normalized spacial score (nSPS) is 15.4. The molecule has 2 nitrogen and oxygen atoms in total. The van der Waals surface area contributed by atoms with Crippen LogP contribution in [-0.4, -0.2) is 26.1 Å². The molecule has 0 N–H and O–H groups in total. The van der Waals surface area contributed by atoms with Crippen molar-refractivity contribution in [1.29, 1.82) is 0 Å². The average Bonchev–Trinajstić information content (AvgIpc) is 2.38. The molecule has 0 aromatic heterocycles. The fraction of sp³-hybridized carbons (Fsp3) is 0.312. The average molecular weight is 242 g/mol. The van der Waals surface area contributed by atoms with Crippen molar-refractivity contribution in [2.75, 3.05) is 21.2 Å². The van der Waals surface area contributed by atoms with Crippen molar-refractivity contribution in [3.63, 3.8) is 0 Å². The largest absolute Gasteiger partial charge is 0.495 e. The molecule has 95 valence electrons. The molecule has 18 heavy (non-hydrogen) atoms. The Hall–Kier alpha value is -1.70. The number of benzene rings is 1. The second kappa shape index (κ2) is 5.30. The van der Waals surface area contributed by atoms with Crippen LogP contribution in [0.1, 0.15) is 17.5 Å². The molecule has 0 unspecified atom stereocenters. The van der Waals surface area contributed by atoms with Gasteiger partial charge in [-0.1, -0.05) is 29.8 Å².